The Bertz CT molecular complexity index is 909. The summed E-state index contributed by atoms with van der Waals surface area (Å²) in [5.74, 6) is 0.489. The first-order valence-corrected chi connectivity index (χ1v) is 8.78. The van der Waals surface area contributed by atoms with Crippen molar-refractivity contribution in [3.63, 3.8) is 0 Å². The minimum Gasteiger partial charge on any atom is -0.473 e. The fraction of sp³-hybridized carbons (Fsp3) is 0.182. The molecule has 4 rings (SSSR count). The number of benzene rings is 2. The first kappa shape index (κ1) is 16.3. The van der Waals surface area contributed by atoms with Gasteiger partial charge in [0.15, 0.2) is 0 Å². The summed E-state index contributed by atoms with van der Waals surface area (Å²) < 4.78 is 5.74. The highest BCUT2D eigenvalue weighted by Crippen LogP contribution is 2.21. The van der Waals surface area contributed by atoms with Crippen LogP contribution in [0.1, 0.15) is 27.0 Å². The monoisotopic (exact) mass is 344 g/mol. The fourth-order valence-electron chi connectivity index (χ4n) is 3.20. The zero-order chi connectivity index (χ0) is 17.8. The number of ether oxygens (including phenoxy) is 1. The van der Waals surface area contributed by atoms with E-state index < -0.39 is 0 Å². The molecule has 3 aromatic rings. The van der Waals surface area contributed by atoms with Crippen LogP contribution in [0.3, 0.4) is 0 Å². The molecule has 0 saturated carbocycles. The van der Waals surface area contributed by atoms with Gasteiger partial charge in [-0.25, -0.2) is 4.98 Å². The van der Waals surface area contributed by atoms with E-state index in [4.69, 9.17) is 4.74 Å². The van der Waals surface area contributed by atoms with E-state index in [1.54, 1.807) is 18.3 Å². The van der Waals surface area contributed by atoms with Gasteiger partial charge in [-0.3, -0.25) is 4.79 Å². The first-order valence-electron chi connectivity index (χ1n) is 8.78. The summed E-state index contributed by atoms with van der Waals surface area (Å²) in [5.41, 5.74) is 4.24. The second kappa shape index (κ2) is 7.40. The van der Waals surface area contributed by atoms with Crippen molar-refractivity contribution < 1.29 is 9.53 Å². The van der Waals surface area contributed by atoms with Crippen LogP contribution in [-0.4, -0.2) is 22.3 Å². The quantitative estimate of drug-likeness (QED) is 0.722. The van der Waals surface area contributed by atoms with Crippen LogP contribution in [-0.2, 0) is 19.6 Å². The summed E-state index contributed by atoms with van der Waals surface area (Å²) in [6.07, 6.45) is 2.52. The van der Waals surface area contributed by atoms with E-state index in [1.165, 1.54) is 11.1 Å². The van der Waals surface area contributed by atoms with Crippen molar-refractivity contribution in [2.45, 2.75) is 19.6 Å². The van der Waals surface area contributed by atoms with Crippen molar-refractivity contribution in [3.8, 4) is 5.88 Å². The van der Waals surface area contributed by atoms with Crippen molar-refractivity contribution in [3.05, 3.63) is 95.2 Å². The molecule has 2 heterocycles. The molecule has 1 amide bonds. The Labute approximate surface area is 153 Å². The standard InChI is InChI=1S/C22H20N2O2/c25-22(24-13-11-18-8-4-5-9-20(18)15-24)19-10-12-23-21(14-19)26-16-17-6-2-1-3-7-17/h1-10,12,14H,11,13,15-16H2. The van der Waals surface area contributed by atoms with Gasteiger partial charge in [-0.15, -0.1) is 0 Å². The zero-order valence-electron chi connectivity index (χ0n) is 14.5. The number of pyridine rings is 1. The average molecular weight is 344 g/mol. The van der Waals surface area contributed by atoms with Crippen LogP contribution >= 0.6 is 0 Å². The summed E-state index contributed by atoms with van der Waals surface area (Å²) >= 11 is 0. The summed E-state index contributed by atoms with van der Waals surface area (Å²) in [5, 5.41) is 0. The third kappa shape index (κ3) is 3.59. The molecule has 1 aliphatic rings. The molecule has 0 fully saturated rings. The highest BCUT2D eigenvalue weighted by Gasteiger charge is 2.21. The molecule has 2 aromatic carbocycles. The molecule has 26 heavy (non-hydrogen) atoms. The Balaban J connectivity index is 1.45. The molecule has 1 aliphatic heterocycles. The van der Waals surface area contributed by atoms with E-state index in [0.29, 0.717) is 24.6 Å². The Hall–Kier alpha value is -3.14. The van der Waals surface area contributed by atoms with Gasteiger partial charge < -0.3 is 9.64 Å². The second-order valence-corrected chi connectivity index (χ2v) is 6.40. The highest BCUT2D eigenvalue weighted by atomic mass is 16.5. The van der Waals surface area contributed by atoms with Gasteiger partial charge in [-0.05, 0) is 29.2 Å². The first-order chi connectivity index (χ1) is 12.8. The van der Waals surface area contributed by atoms with Crippen LogP contribution in [0.2, 0.25) is 0 Å². The molecule has 0 saturated heterocycles. The molecule has 0 bridgehead atoms. The summed E-state index contributed by atoms with van der Waals surface area (Å²) in [6, 6.07) is 21.7. The normalized spacial score (nSPS) is 13.2. The Morgan fingerprint density at radius 3 is 2.62 bits per heavy atom. The van der Waals surface area contributed by atoms with Gasteiger partial charge in [0.05, 0.1) is 0 Å². The lowest BCUT2D eigenvalue weighted by atomic mass is 9.99. The van der Waals surface area contributed by atoms with E-state index in [2.05, 4.69) is 23.2 Å². The Morgan fingerprint density at radius 1 is 1.00 bits per heavy atom. The molecule has 4 nitrogen and oxygen atoms in total. The van der Waals surface area contributed by atoms with Crippen LogP contribution < -0.4 is 4.74 Å². The van der Waals surface area contributed by atoms with Crippen molar-refractivity contribution in [2.24, 2.45) is 0 Å². The molecule has 4 heteroatoms. The molecular formula is C22H20N2O2. The van der Waals surface area contributed by atoms with Crippen LogP contribution in [0.15, 0.2) is 72.9 Å². The highest BCUT2D eigenvalue weighted by molar-refractivity contribution is 5.94. The fourth-order valence-corrected chi connectivity index (χ4v) is 3.20. The molecule has 0 N–H and O–H groups in total. The number of nitrogens with zero attached hydrogens (tertiary/aromatic N) is 2. The van der Waals surface area contributed by atoms with Gasteiger partial charge in [-0.1, -0.05) is 54.6 Å². The molecule has 0 unspecified atom stereocenters. The maximum atomic E-state index is 12.9. The minimum atomic E-state index is 0.0199. The number of fused-ring (bicyclic) bond motifs is 1. The van der Waals surface area contributed by atoms with E-state index in [-0.39, 0.29) is 5.91 Å². The lowest BCUT2D eigenvalue weighted by Gasteiger charge is -2.29. The van der Waals surface area contributed by atoms with Crippen molar-refractivity contribution in [2.75, 3.05) is 6.54 Å². The van der Waals surface area contributed by atoms with E-state index in [0.717, 1.165) is 18.5 Å². The third-order valence-corrected chi connectivity index (χ3v) is 4.63. The smallest absolute Gasteiger partial charge is 0.254 e. The molecule has 0 spiro atoms. The van der Waals surface area contributed by atoms with Crippen LogP contribution in [0.4, 0.5) is 0 Å². The number of hydrogen-bond acceptors (Lipinski definition) is 3. The number of amides is 1. The molecule has 1 aromatic heterocycles. The number of aromatic nitrogens is 1. The van der Waals surface area contributed by atoms with Crippen molar-refractivity contribution in [1.29, 1.82) is 0 Å². The van der Waals surface area contributed by atoms with Crippen molar-refractivity contribution >= 4 is 5.91 Å². The Morgan fingerprint density at radius 2 is 1.77 bits per heavy atom. The molecule has 130 valence electrons. The topological polar surface area (TPSA) is 42.4 Å². The largest absolute Gasteiger partial charge is 0.473 e. The minimum absolute atomic E-state index is 0.0199. The summed E-state index contributed by atoms with van der Waals surface area (Å²) in [7, 11) is 0. The van der Waals surface area contributed by atoms with Gasteiger partial charge in [0.25, 0.3) is 5.91 Å². The van der Waals surface area contributed by atoms with Crippen LogP contribution in [0, 0.1) is 0 Å². The van der Waals surface area contributed by atoms with Crippen LogP contribution in [0.25, 0.3) is 0 Å². The molecule has 0 atom stereocenters. The zero-order valence-corrected chi connectivity index (χ0v) is 14.5. The van der Waals surface area contributed by atoms with Crippen LogP contribution in [0.5, 0.6) is 5.88 Å². The van der Waals surface area contributed by atoms with Gasteiger partial charge in [0.1, 0.15) is 6.61 Å². The predicted octanol–water partition coefficient (Wildman–Crippen LogP) is 3.86. The van der Waals surface area contributed by atoms with Gasteiger partial charge in [0.2, 0.25) is 5.88 Å². The van der Waals surface area contributed by atoms with Gasteiger partial charge in [-0.2, -0.15) is 0 Å². The van der Waals surface area contributed by atoms with E-state index >= 15 is 0 Å². The summed E-state index contributed by atoms with van der Waals surface area (Å²) in [4.78, 5) is 19.0. The van der Waals surface area contributed by atoms with Crippen molar-refractivity contribution in [1.82, 2.24) is 9.88 Å². The number of rotatable bonds is 4. The number of hydrogen-bond donors (Lipinski definition) is 0. The lowest BCUT2D eigenvalue weighted by molar-refractivity contribution is 0.0734. The van der Waals surface area contributed by atoms with Gasteiger partial charge in [0, 0.05) is 30.9 Å². The SMILES string of the molecule is O=C(c1ccnc(OCc2ccccc2)c1)N1CCc2ccccc2C1. The summed E-state index contributed by atoms with van der Waals surface area (Å²) in [6.45, 7) is 1.82. The Kier molecular flexibility index (Phi) is 4.65. The number of carbonyl (C=O) groups excluding carboxylic acids is 1. The van der Waals surface area contributed by atoms with Gasteiger partial charge >= 0.3 is 0 Å². The second-order valence-electron chi connectivity index (χ2n) is 6.40. The maximum absolute atomic E-state index is 12.9. The molecule has 0 radical (unpaired) electrons. The molecule has 0 aliphatic carbocycles. The molecular weight excluding hydrogens is 324 g/mol. The van der Waals surface area contributed by atoms with E-state index in [1.807, 2.05) is 41.3 Å². The van der Waals surface area contributed by atoms with E-state index in [9.17, 15) is 4.79 Å². The average Bonchev–Trinajstić information content (AvgIpc) is 2.72. The third-order valence-electron chi connectivity index (χ3n) is 4.63. The number of carbonyl (C=O) groups is 1. The predicted molar refractivity (Wildman–Crippen MR) is 99.9 cm³/mol. The lowest BCUT2D eigenvalue weighted by Crippen LogP contribution is -2.35. The maximum Gasteiger partial charge on any atom is 0.254 e.